The number of sulfone groups is 1. The molecule has 0 bridgehead atoms. The fourth-order valence-electron chi connectivity index (χ4n) is 2.98. The highest BCUT2D eigenvalue weighted by Crippen LogP contribution is 2.30. The zero-order valence-corrected chi connectivity index (χ0v) is 17.7. The molecule has 1 atom stereocenters. The Balaban J connectivity index is 2.03. The van der Waals surface area contributed by atoms with Gasteiger partial charge in [0.2, 0.25) is 0 Å². The van der Waals surface area contributed by atoms with Gasteiger partial charge in [0.05, 0.1) is 17.0 Å². The van der Waals surface area contributed by atoms with Crippen molar-refractivity contribution in [1.29, 1.82) is 0 Å². The molecule has 0 aliphatic carbocycles. The highest BCUT2D eigenvalue weighted by Gasteiger charge is 2.25. The molecule has 1 amide bonds. The first-order valence-electron chi connectivity index (χ1n) is 8.63. The fraction of sp³-hybridized carbons (Fsp3) is 0.200. The minimum Gasteiger partial charge on any atom is -0.496 e. The summed E-state index contributed by atoms with van der Waals surface area (Å²) in [6.45, 7) is 0. The molecule has 1 N–H and O–H groups in total. The molecule has 3 rings (SSSR count). The van der Waals surface area contributed by atoms with Crippen LogP contribution < -0.4 is 10.1 Å². The number of aryl methyl sites for hydroxylation is 1. The van der Waals surface area contributed by atoms with Gasteiger partial charge in [-0.1, -0.05) is 29.8 Å². The summed E-state index contributed by atoms with van der Waals surface area (Å²) < 4.78 is 31.1. The van der Waals surface area contributed by atoms with Gasteiger partial charge in [-0.2, -0.15) is 0 Å². The molecule has 152 valence electrons. The third-order valence-electron chi connectivity index (χ3n) is 4.43. The van der Waals surface area contributed by atoms with Crippen LogP contribution in [-0.2, 0) is 16.9 Å². The van der Waals surface area contributed by atoms with Crippen LogP contribution in [0.5, 0.6) is 5.75 Å². The second kappa shape index (κ2) is 8.26. The molecule has 1 heterocycles. The lowest BCUT2D eigenvalue weighted by Gasteiger charge is -2.21. The van der Waals surface area contributed by atoms with Gasteiger partial charge in [-0.25, -0.2) is 13.4 Å². The molecule has 1 unspecified atom stereocenters. The molecular formula is C20H20ClN3O4S. The van der Waals surface area contributed by atoms with E-state index in [1.165, 1.54) is 18.2 Å². The second-order valence-electron chi connectivity index (χ2n) is 6.46. The summed E-state index contributed by atoms with van der Waals surface area (Å²) in [6, 6.07) is 10.8. The number of para-hydroxylation sites is 1. The molecule has 0 fully saturated rings. The van der Waals surface area contributed by atoms with Crippen LogP contribution in [0.2, 0.25) is 5.02 Å². The Bertz CT molecular complexity index is 1160. The Morgan fingerprint density at radius 1 is 1.24 bits per heavy atom. The Morgan fingerprint density at radius 2 is 1.97 bits per heavy atom. The van der Waals surface area contributed by atoms with E-state index in [1.807, 2.05) is 25.2 Å². The molecule has 0 aliphatic rings. The Labute approximate surface area is 174 Å². The zero-order valence-electron chi connectivity index (χ0n) is 16.1. The van der Waals surface area contributed by atoms with Gasteiger partial charge in [-0.3, -0.25) is 4.79 Å². The molecule has 9 heteroatoms. The topological polar surface area (TPSA) is 90.3 Å². The van der Waals surface area contributed by atoms with E-state index in [9.17, 15) is 13.2 Å². The Kier molecular flexibility index (Phi) is 5.95. The summed E-state index contributed by atoms with van der Waals surface area (Å²) in [5, 5.41) is 2.99. The average Bonchev–Trinajstić information content (AvgIpc) is 3.11. The number of aromatic nitrogens is 2. The number of hydrogen-bond acceptors (Lipinski definition) is 5. The van der Waals surface area contributed by atoms with E-state index in [-0.39, 0.29) is 15.5 Å². The van der Waals surface area contributed by atoms with Crippen LogP contribution in [0.3, 0.4) is 0 Å². The van der Waals surface area contributed by atoms with Crippen molar-refractivity contribution in [3.05, 3.63) is 76.8 Å². The third-order valence-corrected chi connectivity index (χ3v) is 6.01. The number of carbonyl (C=O) groups is 1. The van der Waals surface area contributed by atoms with Crippen molar-refractivity contribution in [2.45, 2.75) is 10.9 Å². The molecule has 0 saturated heterocycles. The number of benzene rings is 2. The molecule has 7 nitrogen and oxygen atoms in total. The maximum absolute atomic E-state index is 13.0. The maximum Gasteiger partial charge on any atom is 0.252 e. The lowest BCUT2D eigenvalue weighted by atomic mass is 10.0. The molecular weight excluding hydrogens is 414 g/mol. The summed E-state index contributed by atoms with van der Waals surface area (Å²) in [6.07, 6.45) is 4.45. The van der Waals surface area contributed by atoms with Gasteiger partial charge in [-0.05, 0) is 24.3 Å². The number of methoxy groups -OCH3 is 1. The van der Waals surface area contributed by atoms with Crippen LogP contribution >= 0.6 is 11.6 Å². The van der Waals surface area contributed by atoms with Crippen LogP contribution in [0.1, 0.15) is 27.8 Å². The van der Waals surface area contributed by atoms with Crippen molar-refractivity contribution in [3.8, 4) is 5.75 Å². The summed E-state index contributed by atoms with van der Waals surface area (Å²) >= 11 is 5.99. The normalized spacial score (nSPS) is 12.4. The molecule has 0 saturated carbocycles. The van der Waals surface area contributed by atoms with E-state index in [4.69, 9.17) is 16.3 Å². The number of rotatable bonds is 6. The first-order chi connectivity index (χ1) is 13.7. The molecule has 0 radical (unpaired) electrons. The predicted molar refractivity (Wildman–Crippen MR) is 110 cm³/mol. The Hall–Kier alpha value is -2.84. The van der Waals surface area contributed by atoms with Crippen molar-refractivity contribution in [1.82, 2.24) is 14.9 Å². The van der Waals surface area contributed by atoms with Crippen molar-refractivity contribution in [2.75, 3.05) is 13.4 Å². The van der Waals surface area contributed by atoms with E-state index in [2.05, 4.69) is 10.3 Å². The van der Waals surface area contributed by atoms with E-state index < -0.39 is 21.8 Å². The molecule has 0 spiro atoms. The predicted octanol–water partition coefficient (Wildman–Crippen LogP) is 3.01. The Morgan fingerprint density at radius 3 is 2.59 bits per heavy atom. The fourth-order valence-corrected chi connectivity index (χ4v) is 4.29. The van der Waals surface area contributed by atoms with Crippen LogP contribution in [0.4, 0.5) is 0 Å². The van der Waals surface area contributed by atoms with Crippen molar-refractivity contribution < 1.29 is 17.9 Å². The monoisotopic (exact) mass is 433 g/mol. The van der Waals surface area contributed by atoms with E-state index in [0.29, 0.717) is 11.6 Å². The number of amides is 1. The molecule has 2 aromatic carbocycles. The zero-order chi connectivity index (χ0) is 21.2. The minimum atomic E-state index is -3.58. The van der Waals surface area contributed by atoms with Gasteiger partial charge in [0.15, 0.2) is 9.84 Å². The van der Waals surface area contributed by atoms with Gasteiger partial charge >= 0.3 is 0 Å². The van der Waals surface area contributed by atoms with Crippen LogP contribution in [0.15, 0.2) is 59.8 Å². The molecule has 1 aromatic heterocycles. The van der Waals surface area contributed by atoms with Crippen LogP contribution in [0, 0.1) is 0 Å². The van der Waals surface area contributed by atoms with Gasteiger partial charge in [0, 0.05) is 36.8 Å². The molecule has 0 aliphatic heterocycles. The number of nitrogens with one attached hydrogen (secondary N) is 1. The smallest absolute Gasteiger partial charge is 0.252 e. The van der Waals surface area contributed by atoms with Crippen LogP contribution in [0.25, 0.3) is 0 Å². The highest BCUT2D eigenvalue weighted by molar-refractivity contribution is 7.90. The van der Waals surface area contributed by atoms with E-state index in [0.717, 1.165) is 11.8 Å². The number of halogens is 1. The van der Waals surface area contributed by atoms with Gasteiger partial charge < -0.3 is 14.6 Å². The average molecular weight is 434 g/mol. The highest BCUT2D eigenvalue weighted by atomic mass is 35.5. The SMILES string of the molecule is COc1ccccc1C(NC(=O)c1ccc(Cl)c(S(C)(=O)=O)c1)c1nccn1C. The van der Waals surface area contributed by atoms with Gasteiger partial charge in [0.1, 0.15) is 17.6 Å². The lowest BCUT2D eigenvalue weighted by Crippen LogP contribution is -2.31. The summed E-state index contributed by atoms with van der Waals surface area (Å²) in [4.78, 5) is 17.3. The van der Waals surface area contributed by atoms with Crippen molar-refractivity contribution >= 4 is 27.3 Å². The standard InChI is InChI=1S/C20H20ClN3O4S/c1-24-11-10-22-19(24)18(14-6-4-5-7-16(14)28-2)23-20(25)13-8-9-15(21)17(12-13)29(3,26)27/h4-12,18H,1-3H3,(H,23,25). The van der Waals surface area contributed by atoms with Gasteiger partial charge in [-0.15, -0.1) is 0 Å². The second-order valence-corrected chi connectivity index (χ2v) is 8.85. The first kappa shape index (κ1) is 20.9. The van der Waals surface area contributed by atoms with E-state index >= 15 is 0 Å². The molecule has 29 heavy (non-hydrogen) atoms. The quantitative estimate of drug-likeness (QED) is 0.645. The third kappa shape index (κ3) is 4.44. The maximum atomic E-state index is 13.0. The van der Waals surface area contributed by atoms with Gasteiger partial charge in [0.25, 0.3) is 5.91 Å². The summed E-state index contributed by atoms with van der Waals surface area (Å²) in [5.41, 5.74) is 0.888. The number of carbonyl (C=O) groups excluding carboxylic acids is 1. The van der Waals surface area contributed by atoms with Crippen molar-refractivity contribution in [3.63, 3.8) is 0 Å². The number of nitrogens with zero attached hydrogens (tertiary/aromatic N) is 2. The summed E-state index contributed by atoms with van der Waals surface area (Å²) in [7, 11) is -0.209. The van der Waals surface area contributed by atoms with Crippen LogP contribution in [-0.4, -0.2) is 37.2 Å². The number of ether oxygens (including phenoxy) is 1. The van der Waals surface area contributed by atoms with E-state index in [1.54, 1.807) is 30.1 Å². The lowest BCUT2D eigenvalue weighted by molar-refractivity contribution is 0.0940. The number of imidazole rings is 1. The summed E-state index contributed by atoms with van der Waals surface area (Å²) in [5.74, 6) is 0.722. The largest absolute Gasteiger partial charge is 0.496 e. The minimum absolute atomic E-state index is 0.0643. The van der Waals surface area contributed by atoms with Crippen molar-refractivity contribution in [2.24, 2.45) is 7.05 Å². The molecule has 3 aromatic rings. The first-order valence-corrected chi connectivity index (χ1v) is 10.9. The number of hydrogen-bond donors (Lipinski definition) is 1.